The standard InChI is InChI=1S/C23H24ClN3O4S/c1-4-29-18-13-16(14-19(30-5-2)21(18)31-6-3)22(28)25-23-27-26-20(32-23)12-9-15-7-10-17(24)11-8-15/h7-14H,4-6H2,1-3H3,(H,25,27,28)/b12-9+. The molecule has 1 heterocycles. The van der Waals surface area contributed by atoms with E-state index in [4.69, 9.17) is 25.8 Å². The molecule has 0 saturated heterocycles. The van der Waals surface area contributed by atoms with Crippen LogP contribution >= 0.6 is 22.9 Å². The van der Waals surface area contributed by atoms with Gasteiger partial charge in [0.2, 0.25) is 10.9 Å². The smallest absolute Gasteiger partial charge is 0.257 e. The summed E-state index contributed by atoms with van der Waals surface area (Å²) in [6, 6.07) is 10.7. The van der Waals surface area contributed by atoms with Crippen molar-refractivity contribution < 1.29 is 19.0 Å². The van der Waals surface area contributed by atoms with E-state index in [1.807, 2.05) is 57.2 Å². The van der Waals surface area contributed by atoms with E-state index in [-0.39, 0.29) is 5.91 Å². The van der Waals surface area contributed by atoms with Crippen molar-refractivity contribution in [3.8, 4) is 17.2 Å². The third kappa shape index (κ3) is 6.21. The largest absolute Gasteiger partial charge is 0.490 e. The molecule has 0 bridgehead atoms. The van der Waals surface area contributed by atoms with Crippen molar-refractivity contribution >= 4 is 46.1 Å². The molecule has 1 aromatic heterocycles. The van der Waals surface area contributed by atoms with Gasteiger partial charge in [-0.2, -0.15) is 0 Å². The Hall–Kier alpha value is -3.10. The van der Waals surface area contributed by atoms with Crippen LogP contribution in [0.5, 0.6) is 17.2 Å². The average Bonchev–Trinajstić information content (AvgIpc) is 3.23. The summed E-state index contributed by atoms with van der Waals surface area (Å²) in [7, 11) is 0. The summed E-state index contributed by atoms with van der Waals surface area (Å²) in [5.74, 6) is 1.04. The minimum Gasteiger partial charge on any atom is -0.490 e. The third-order valence-corrected chi connectivity index (χ3v) is 5.18. The van der Waals surface area contributed by atoms with Crippen LogP contribution in [0.15, 0.2) is 36.4 Å². The Bertz CT molecular complexity index is 1060. The molecule has 0 aliphatic rings. The average molecular weight is 474 g/mol. The van der Waals surface area contributed by atoms with Crippen LogP contribution in [-0.4, -0.2) is 35.9 Å². The molecule has 1 N–H and O–H groups in total. The second-order valence-corrected chi connectivity index (χ2v) is 7.83. The Labute approximate surface area is 196 Å². The summed E-state index contributed by atoms with van der Waals surface area (Å²) < 4.78 is 17.0. The number of rotatable bonds is 10. The van der Waals surface area contributed by atoms with Crippen LogP contribution in [-0.2, 0) is 0 Å². The molecule has 0 radical (unpaired) electrons. The molecule has 7 nitrogen and oxygen atoms in total. The van der Waals surface area contributed by atoms with E-state index < -0.39 is 0 Å². The number of aromatic nitrogens is 2. The number of carbonyl (C=O) groups is 1. The monoisotopic (exact) mass is 473 g/mol. The van der Waals surface area contributed by atoms with Crippen molar-refractivity contribution in [1.82, 2.24) is 10.2 Å². The van der Waals surface area contributed by atoms with Gasteiger partial charge >= 0.3 is 0 Å². The van der Waals surface area contributed by atoms with Crippen molar-refractivity contribution in [3.05, 3.63) is 57.6 Å². The number of anilines is 1. The zero-order valence-corrected chi connectivity index (χ0v) is 19.6. The second-order valence-electron chi connectivity index (χ2n) is 6.39. The van der Waals surface area contributed by atoms with Crippen molar-refractivity contribution in [3.63, 3.8) is 0 Å². The van der Waals surface area contributed by atoms with E-state index in [9.17, 15) is 4.79 Å². The van der Waals surface area contributed by atoms with Gasteiger partial charge in [-0.25, -0.2) is 0 Å². The van der Waals surface area contributed by atoms with E-state index in [1.54, 1.807) is 12.1 Å². The number of halogens is 1. The molecule has 0 fully saturated rings. The lowest BCUT2D eigenvalue weighted by Gasteiger charge is -2.16. The van der Waals surface area contributed by atoms with Gasteiger partial charge in [0.15, 0.2) is 11.5 Å². The molecule has 1 amide bonds. The lowest BCUT2D eigenvalue weighted by Crippen LogP contribution is -2.13. The van der Waals surface area contributed by atoms with Gasteiger partial charge in [0.25, 0.3) is 5.91 Å². The van der Waals surface area contributed by atoms with E-state index in [0.29, 0.717) is 57.8 Å². The van der Waals surface area contributed by atoms with Crippen molar-refractivity contribution in [2.45, 2.75) is 20.8 Å². The number of hydrogen-bond donors (Lipinski definition) is 1. The van der Waals surface area contributed by atoms with Crippen LogP contribution in [0.4, 0.5) is 5.13 Å². The molecular weight excluding hydrogens is 450 g/mol. The summed E-state index contributed by atoms with van der Waals surface area (Å²) in [5, 5.41) is 12.6. The molecule has 32 heavy (non-hydrogen) atoms. The Morgan fingerprint density at radius 3 is 2.19 bits per heavy atom. The van der Waals surface area contributed by atoms with E-state index in [1.165, 1.54) is 11.3 Å². The second kappa shape index (κ2) is 11.5. The zero-order valence-electron chi connectivity index (χ0n) is 18.1. The molecule has 0 saturated carbocycles. The molecule has 0 atom stereocenters. The fourth-order valence-corrected chi connectivity index (χ4v) is 3.55. The Kier molecular flexibility index (Phi) is 8.47. The maximum Gasteiger partial charge on any atom is 0.257 e. The molecule has 2 aromatic carbocycles. The van der Waals surface area contributed by atoms with Crippen LogP contribution < -0.4 is 19.5 Å². The molecule has 0 aliphatic heterocycles. The van der Waals surface area contributed by atoms with Gasteiger partial charge in [-0.3, -0.25) is 10.1 Å². The minimum absolute atomic E-state index is 0.348. The maximum atomic E-state index is 12.9. The fraction of sp³-hybridized carbons (Fsp3) is 0.261. The molecule has 3 aromatic rings. The topological polar surface area (TPSA) is 82.6 Å². The quantitative estimate of drug-likeness (QED) is 0.400. The minimum atomic E-state index is -0.348. The van der Waals surface area contributed by atoms with Crippen LogP contribution in [0, 0.1) is 0 Å². The van der Waals surface area contributed by atoms with Crippen molar-refractivity contribution in [2.75, 3.05) is 25.1 Å². The number of nitrogens with zero attached hydrogens (tertiary/aromatic N) is 2. The van der Waals surface area contributed by atoms with Gasteiger partial charge in [0.1, 0.15) is 5.01 Å². The molecule has 0 aliphatic carbocycles. The first-order valence-corrected chi connectivity index (χ1v) is 11.4. The van der Waals surface area contributed by atoms with Crippen LogP contribution in [0.25, 0.3) is 12.2 Å². The first kappa shape index (κ1) is 23.6. The van der Waals surface area contributed by atoms with E-state index in [0.717, 1.165) is 5.56 Å². The lowest BCUT2D eigenvalue weighted by molar-refractivity contribution is 0.102. The van der Waals surface area contributed by atoms with Gasteiger partial charge in [0.05, 0.1) is 19.8 Å². The van der Waals surface area contributed by atoms with Crippen LogP contribution in [0.1, 0.15) is 41.7 Å². The van der Waals surface area contributed by atoms with Crippen LogP contribution in [0.3, 0.4) is 0 Å². The third-order valence-electron chi connectivity index (χ3n) is 4.12. The van der Waals surface area contributed by atoms with Crippen LogP contribution in [0.2, 0.25) is 5.02 Å². The van der Waals surface area contributed by atoms with Crippen molar-refractivity contribution in [2.24, 2.45) is 0 Å². The number of hydrogen-bond acceptors (Lipinski definition) is 7. The lowest BCUT2D eigenvalue weighted by atomic mass is 10.1. The number of nitrogens with one attached hydrogen (secondary N) is 1. The highest BCUT2D eigenvalue weighted by Crippen LogP contribution is 2.39. The van der Waals surface area contributed by atoms with Gasteiger partial charge < -0.3 is 14.2 Å². The van der Waals surface area contributed by atoms with Gasteiger partial charge in [-0.1, -0.05) is 41.1 Å². The normalized spacial score (nSPS) is 10.9. The van der Waals surface area contributed by atoms with Gasteiger partial charge in [0, 0.05) is 10.6 Å². The number of benzene rings is 2. The van der Waals surface area contributed by atoms with E-state index >= 15 is 0 Å². The van der Waals surface area contributed by atoms with Gasteiger partial charge in [-0.05, 0) is 56.7 Å². The molecule has 168 valence electrons. The number of amides is 1. The highest BCUT2D eigenvalue weighted by Gasteiger charge is 2.19. The first-order chi connectivity index (χ1) is 15.5. The summed E-state index contributed by atoms with van der Waals surface area (Å²) in [4.78, 5) is 12.9. The fourth-order valence-electron chi connectivity index (χ4n) is 2.78. The Morgan fingerprint density at radius 1 is 0.969 bits per heavy atom. The summed E-state index contributed by atoms with van der Waals surface area (Å²) in [6.07, 6.45) is 3.73. The molecular formula is C23H24ClN3O4S. The Morgan fingerprint density at radius 2 is 1.59 bits per heavy atom. The predicted molar refractivity (Wildman–Crippen MR) is 128 cm³/mol. The Balaban J connectivity index is 1.77. The van der Waals surface area contributed by atoms with Crippen molar-refractivity contribution in [1.29, 1.82) is 0 Å². The van der Waals surface area contributed by atoms with Gasteiger partial charge in [-0.15, -0.1) is 10.2 Å². The maximum absolute atomic E-state index is 12.9. The first-order valence-electron chi connectivity index (χ1n) is 10.2. The molecule has 0 spiro atoms. The summed E-state index contributed by atoms with van der Waals surface area (Å²) in [5.41, 5.74) is 1.35. The molecule has 0 unspecified atom stereocenters. The highest BCUT2D eigenvalue weighted by molar-refractivity contribution is 7.16. The van der Waals surface area contributed by atoms with E-state index in [2.05, 4.69) is 15.5 Å². The predicted octanol–water partition coefficient (Wildman–Crippen LogP) is 5.81. The number of ether oxygens (including phenoxy) is 3. The summed E-state index contributed by atoms with van der Waals surface area (Å²) in [6.45, 7) is 6.91. The molecule has 9 heteroatoms. The highest BCUT2D eigenvalue weighted by atomic mass is 35.5. The number of carbonyl (C=O) groups excluding carboxylic acids is 1. The summed E-state index contributed by atoms with van der Waals surface area (Å²) >= 11 is 7.17. The zero-order chi connectivity index (χ0) is 22.9. The molecule has 3 rings (SSSR count). The SMILES string of the molecule is CCOc1cc(C(=O)Nc2nnc(/C=C/c3ccc(Cl)cc3)s2)cc(OCC)c1OCC.